The van der Waals surface area contributed by atoms with E-state index >= 15 is 0 Å². The summed E-state index contributed by atoms with van der Waals surface area (Å²) in [6.07, 6.45) is 4.91. The molecule has 0 amide bonds. The number of furan rings is 1. The van der Waals surface area contributed by atoms with Gasteiger partial charge < -0.3 is 14.5 Å². The molecule has 0 bridgehead atoms. The Morgan fingerprint density at radius 2 is 2.31 bits per heavy atom. The Morgan fingerprint density at radius 3 is 2.88 bits per heavy atom. The summed E-state index contributed by atoms with van der Waals surface area (Å²) in [5, 5.41) is 3.56. The topological polar surface area (TPSA) is 34.4 Å². The largest absolute Gasteiger partial charge is 0.469 e. The van der Waals surface area contributed by atoms with E-state index in [0.717, 1.165) is 31.6 Å². The second-order valence-corrected chi connectivity index (χ2v) is 4.25. The molecular weight excluding hydrogens is 202 g/mol. The van der Waals surface area contributed by atoms with Crippen LogP contribution in [-0.4, -0.2) is 25.8 Å². The van der Waals surface area contributed by atoms with Crippen molar-refractivity contribution in [3.05, 3.63) is 24.2 Å². The molecule has 1 aromatic heterocycles. The molecule has 0 spiro atoms. The lowest BCUT2D eigenvalue weighted by molar-refractivity contribution is 0.158. The van der Waals surface area contributed by atoms with Gasteiger partial charge in [-0.3, -0.25) is 0 Å². The normalized spacial score (nSPS) is 14.9. The highest BCUT2D eigenvalue weighted by atomic mass is 16.5. The van der Waals surface area contributed by atoms with E-state index in [1.54, 1.807) is 13.4 Å². The van der Waals surface area contributed by atoms with E-state index < -0.39 is 0 Å². The van der Waals surface area contributed by atoms with Crippen LogP contribution < -0.4 is 5.32 Å². The minimum Gasteiger partial charge on any atom is -0.469 e. The minimum absolute atomic E-state index is 0.455. The number of hydrogen-bond donors (Lipinski definition) is 1. The van der Waals surface area contributed by atoms with E-state index in [4.69, 9.17) is 9.15 Å². The molecule has 0 aliphatic heterocycles. The van der Waals surface area contributed by atoms with Gasteiger partial charge in [0.15, 0.2) is 0 Å². The van der Waals surface area contributed by atoms with Crippen molar-refractivity contribution in [3.63, 3.8) is 0 Å². The monoisotopic (exact) mass is 225 g/mol. The number of aryl methyl sites for hydroxylation is 1. The summed E-state index contributed by atoms with van der Waals surface area (Å²) in [5.74, 6) is 1.06. The van der Waals surface area contributed by atoms with Crippen LogP contribution in [0.25, 0.3) is 0 Å². The molecule has 1 heterocycles. The predicted octanol–water partition coefficient (Wildman–Crippen LogP) is 2.62. The fraction of sp³-hybridized carbons (Fsp3) is 0.692. The van der Waals surface area contributed by atoms with Crippen LogP contribution in [0, 0.1) is 0 Å². The zero-order chi connectivity index (χ0) is 11.8. The summed E-state index contributed by atoms with van der Waals surface area (Å²) in [6.45, 7) is 5.17. The lowest BCUT2D eigenvalue weighted by atomic mass is 10.1. The Balaban J connectivity index is 2.21. The van der Waals surface area contributed by atoms with Crippen LogP contribution in [0.15, 0.2) is 22.8 Å². The Bertz CT molecular complexity index is 259. The zero-order valence-electron chi connectivity index (χ0n) is 10.5. The number of hydrogen-bond acceptors (Lipinski definition) is 3. The highest BCUT2D eigenvalue weighted by Crippen LogP contribution is 2.06. The maximum atomic E-state index is 5.31. The zero-order valence-corrected chi connectivity index (χ0v) is 10.5. The van der Waals surface area contributed by atoms with Gasteiger partial charge in [0.2, 0.25) is 0 Å². The molecule has 0 aromatic carbocycles. The maximum absolute atomic E-state index is 5.31. The van der Waals surface area contributed by atoms with E-state index in [1.807, 2.05) is 12.1 Å². The third kappa shape index (κ3) is 4.81. The summed E-state index contributed by atoms with van der Waals surface area (Å²) in [7, 11) is 1.75. The van der Waals surface area contributed by atoms with Gasteiger partial charge in [-0.1, -0.05) is 6.92 Å². The van der Waals surface area contributed by atoms with Crippen molar-refractivity contribution in [2.45, 2.75) is 45.2 Å². The summed E-state index contributed by atoms with van der Waals surface area (Å²) >= 11 is 0. The van der Waals surface area contributed by atoms with Crippen LogP contribution in [0.3, 0.4) is 0 Å². The van der Waals surface area contributed by atoms with Crippen molar-refractivity contribution in [1.29, 1.82) is 0 Å². The van der Waals surface area contributed by atoms with Gasteiger partial charge >= 0.3 is 0 Å². The van der Waals surface area contributed by atoms with Gasteiger partial charge in [0, 0.05) is 25.6 Å². The molecule has 0 radical (unpaired) electrons. The molecule has 0 saturated carbocycles. The van der Waals surface area contributed by atoms with Gasteiger partial charge in [-0.15, -0.1) is 0 Å². The predicted molar refractivity (Wildman–Crippen MR) is 65.6 cm³/mol. The summed E-state index contributed by atoms with van der Waals surface area (Å²) in [5.41, 5.74) is 0. The quantitative estimate of drug-likeness (QED) is 0.738. The van der Waals surface area contributed by atoms with Gasteiger partial charge in [-0.25, -0.2) is 0 Å². The second kappa shape index (κ2) is 7.47. The van der Waals surface area contributed by atoms with Gasteiger partial charge in [-0.05, 0) is 31.9 Å². The molecule has 0 aliphatic carbocycles. The fourth-order valence-corrected chi connectivity index (χ4v) is 1.78. The first-order valence-corrected chi connectivity index (χ1v) is 6.03. The summed E-state index contributed by atoms with van der Waals surface area (Å²) in [4.78, 5) is 0. The van der Waals surface area contributed by atoms with E-state index in [-0.39, 0.29) is 0 Å². The van der Waals surface area contributed by atoms with Crippen LogP contribution in [0.1, 0.15) is 32.4 Å². The Labute approximate surface area is 98.2 Å². The van der Waals surface area contributed by atoms with Gasteiger partial charge in [0.25, 0.3) is 0 Å². The smallest absolute Gasteiger partial charge is 0.103 e. The van der Waals surface area contributed by atoms with Crippen molar-refractivity contribution in [2.24, 2.45) is 0 Å². The Hall–Kier alpha value is -0.800. The number of methoxy groups -OCH3 is 1. The first-order valence-electron chi connectivity index (χ1n) is 6.03. The highest BCUT2D eigenvalue weighted by molar-refractivity contribution is 4.98. The SMILES string of the molecule is CCC(COC)NC(C)CCc1ccco1. The molecule has 3 nitrogen and oxygen atoms in total. The molecule has 16 heavy (non-hydrogen) atoms. The minimum atomic E-state index is 0.455. The van der Waals surface area contributed by atoms with Crippen molar-refractivity contribution in [3.8, 4) is 0 Å². The van der Waals surface area contributed by atoms with Crippen LogP contribution >= 0.6 is 0 Å². The van der Waals surface area contributed by atoms with Gasteiger partial charge in [0.1, 0.15) is 5.76 Å². The Morgan fingerprint density at radius 1 is 1.50 bits per heavy atom. The van der Waals surface area contributed by atoms with Gasteiger partial charge in [0.05, 0.1) is 12.9 Å². The lowest BCUT2D eigenvalue weighted by Gasteiger charge is -2.21. The number of nitrogens with one attached hydrogen (secondary N) is 1. The van der Waals surface area contributed by atoms with Crippen molar-refractivity contribution in [2.75, 3.05) is 13.7 Å². The van der Waals surface area contributed by atoms with E-state index in [2.05, 4.69) is 19.2 Å². The average molecular weight is 225 g/mol. The first kappa shape index (κ1) is 13.3. The maximum Gasteiger partial charge on any atom is 0.103 e. The molecule has 2 atom stereocenters. The molecule has 0 aliphatic rings. The van der Waals surface area contributed by atoms with E-state index in [0.29, 0.717) is 12.1 Å². The van der Waals surface area contributed by atoms with Crippen LogP contribution in [0.5, 0.6) is 0 Å². The molecule has 0 fully saturated rings. The molecular formula is C13H23NO2. The molecule has 3 heteroatoms. The van der Waals surface area contributed by atoms with E-state index in [9.17, 15) is 0 Å². The number of rotatable bonds is 8. The van der Waals surface area contributed by atoms with Crippen LogP contribution in [0.4, 0.5) is 0 Å². The second-order valence-electron chi connectivity index (χ2n) is 4.25. The van der Waals surface area contributed by atoms with Gasteiger partial charge in [-0.2, -0.15) is 0 Å². The molecule has 92 valence electrons. The highest BCUT2D eigenvalue weighted by Gasteiger charge is 2.10. The molecule has 1 aromatic rings. The molecule has 0 saturated heterocycles. The van der Waals surface area contributed by atoms with Crippen molar-refractivity contribution < 1.29 is 9.15 Å². The molecule has 1 rings (SSSR count). The van der Waals surface area contributed by atoms with Crippen molar-refractivity contribution >= 4 is 0 Å². The van der Waals surface area contributed by atoms with Crippen molar-refractivity contribution in [1.82, 2.24) is 5.32 Å². The summed E-state index contributed by atoms with van der Waals surface area (Å²) < 4.78 is 10.5. The standard InChI is InChI=1S/C13H23NO2/c1-4-12(10-15-3)14-11(2)7-8-13-6-5-9-16-13/h5-6,9,11-12,14H,4,7-8,10H2,1-3H3. The molecule has 2 unspecified atom stereocenters. The third-order valence-electron chi connectivity index (χ3n) is 2.78. The fourth-order valence-electron chi connectivity index (χ4n) is 1.78. The van der Waals surface area contributed by atoms with E-state index in [1.165, 1.54) is 0 Å². The van der Waals surface area contributed by atoms with Crippen LogP contribution in [-0.2, 0) is 11.2 Å². The molecule has 1 N–H and O–H groups in total. The third-order valence-corrected chi connectivity index (χ3v) is 2.78. The van der Waals surface area contributed by atoms with Crippen LogP contribution in [0.2, 0.25) is 0 Å². The number of ether oxygens (including phenoxy) is 1. The first-order chi connectivity index (χ1) is 7.76. The lowest BCUT2D eigenvalue weighted by Crippen LogP contribution is -2.39. The summed E-state index contributed by atoms with van der Waals surface area (Å²) in [6, 6.07) is 4.91. The average Bonchev–Trinajstić information content (AvgIpc) is 2.78. The Kier molecular flexibility index (Phi) is 6.19.